The van der Waals surface area contributed by atoms with Gasteiger partial charge in [0.25, 0.3) is 0 Å². The zero-order valence-electron chi connectivity index (χ0n) is 8.25. The number of aromatic nitrogens is 3. The van der Waals surface area contributed by atoms with E-state index in [1.807, 2.05) is 7.05 Å². The van der Waals surface area contributed by atoms with Gasteiger partial charge in [-0.1, -0.05) is 0 Å². The van der Waals surface area contributed by atoms with Gasteiger partial charge in [0.15, 0.2) is 0 Å². The van der Waals surface area contributed by atoms with Crippen molar-refractivity contribution in [3.63, 3.8) is 0 Å². The first-order valence-electron chi connectivity index (χ1n) is 4.92. The lowest BCUT2D eigenvalue weighted by molar-refractivity contribution is 0.480. The van der Waals surface area contributed by atoms with Gasteiger partial charge in [-0.15, -0.1) is 10.2 Å². The Bertz CT molecular complexity index is 292. The largest absolute Gasteiger partial charge is 0.314 e. The summed E-state index contributed by atoms with van der Waals surface area (Å²) in [6, 6.07) is 0.305. The van der Waals surface area contributed by atoms with E-state index in [1.165, 1.54) is 12.8 Å². The molecule has 72 valence electrons. The summed E-state index contributed by atoms with van der Waals surface area (Å²) < 4.78 is 2.25. The normalized spacial score (nSPS) is 18.3. The number of hydrogen-bond acceptors (Lipinski definition) is 3. The van der Waals surface area contributed by atoms with Gasteiger partial charge in [-0.3, -0.25) is 0 Å². The second-order valence-corrected chi connectivity index (χ2v) is 3.59. The fourth-order valence-corrected chi connectivity index (χ4v) is 1.78. The Morgan fingerprint density at radius 1 is 1.38 bits per heavy atom. The van der Waals surface area contributed by atoms with Crippen molar-refractivity contribution >= 4 is 0 Å². The maximum atomic E-state index is 4.22. The lowest BCUT2D eigenvalue weighted by Gasteiger charge is -2.17. The van der Waals surface area contributed by atoms with Gasteiger partial charge in [-0.2, -0.15) is 0 Å². The standard InChI is InChI=1S/C9H16N4/c1-7(10-2)9-12-11-8-5-3-4-6-13(8)9/h7,10H,3-6H2,1-2H3. The average Bonchev–Trinajstić information content (AvgIpc) is 2.60. The Hall–Kier alpha value is -0.900. The van der Waals surface area contributed by atoms with Crippen molar-refractivity contribution in [3.05, 3.63) is 11.6 Å². The summed E-state index contributed by atoms with van der Waals surface area (Å²) in [5.41, 5.74) is 0. The van der Waals surface area contributed by atoms with Crippen LogP contribution in [0, 0.1) is 0 Å². The number of rotatable bonds is 2. The first-order valence-corrected chi connectivity index (χ1v) is 4.92. The first-order chi connectivity index (χ1) is 6.33. The Kier molecular flexibility index (Phi) is 2.31. The Labute approximate surface area is 78.4 Å². The van der Waals surface area contributed by atoms with Crippen molar-refractivity contribution in [2.75, 3.05) is 7.05 Å². The van der Waals surface area contributed by atoms with Crippen molar-refractivity contribution in [2.24, 2.45) is 0 Å². The number of nitrogens with zero attached hydrogens (tertiary/aromatic N) is 3. The number of hydrogen-bond donors (Lipinski definition) is 1. The summed E-state index contributed by atoms with van der Waals surface area (Å²) >= 11 is 0. The summed E-state index contributed by atoms with van der Waals surface area (Å²) in [6.07, 6.45) is 3.60. The number of fused-ring (bicyclic) bond motifs is 1. The molecule has 4 nitrogen and oxygen atoms in total. The highest BCUT2D eigenvalue weighted by molar-refractivity contribution is 5.02. The molecule has 2 rings (SSSR count). The minimum atomic E-state index is 0.305. The molecule has 13 heavy (non-hydrogen) atoms. The van der Waals surface area contributed by atoms with Gasteiger partial charge in [0, 0.05) is 13.0 Å². The molecule has 1 N–H and O–H groups in total. The van der Waals surface area contributed by atoms with Crippen LogP contribution in [-0.4, -0.2) is 21.8 Å². The summed E-state index contributed by atoms with van der Waals surface area (Å²) in [7, 11) is 1.95. The third-order valence-electron chi connectivity index (χ3n) is 2.71. The predicted molar refractivity (Wildman–Crippen MR) is 50.4 cm³/mol. The van der Waals surface area contributed by atoms with Crippen LogP contribution in [0.5, 0.6) is 0 Å². The molecular weight excluding hydrogens is 164 g/mol. The smallest absolute Gasteiger partial charge is 0.149 e. The van der Waals surface area contributed by atoms with Gasteiger partial charge in [-0.25, -0.2) is 0 Å². The van der Waals surface area contributed by atoms with E-state index in [9.17, 15) is 0 Å². The van der Waals surface area contributed by atoms with Crippen molar-refractivity contribution in [2.45, 2.75) is 38.8 Å². The third kappa shape index (κ3) is 1.46. The minimum absolute atomic E-state index is 0.305. The molecule has 1 aromatic heterocycles. The molecule has 0 amide bonds. The number of nitrogens with one attached hydrogen (secondary N) is 1. The molecule has 0 aromatic carbocycles. The quantitative estimate of drug-likeness (QED) is 0.735. The van der Waals surface area contributed by atoms with Crippen LogP contribution in [-0.2, 0) is 13.0 Å². The van der Waals surface area contributed by atoms with Crippen LogP contribution in [0.25, 0.3) is 0 Å². The van der Waals surface area contributed by atoms with Crippen LogP contribution in [0.2, 0.25) is 0 Å². The third-order valence-corrected chi connectivity index (χ3v) is 2.71. The number of aryl methyl sites for hydroxylation is 1. The molecule has 2 heterocycles. The average molecular weight is 180 g/mol. The zero-order valence-corrected chi connectivity index (χ0v) is 8.25. The van der Waals surface area contributed by atoms with Crippen LogP contribution in [0.15, 0.2) is 0 Å². The zero-order chi connectivity index (χ0) is 9.26. The molecule has 1 aliphatic rings. The maximum Gasteiger partial charge on any atom is 0.149 e. The molecule has 0 saturated carbocycles. The molecule has 0 radical (unpaired) electrons. The predicted octanol–water partition coefficient (Wildman–Crippen LogP) is 0.895. The van der Waals surface area contributed by atoms with E-state index in [0.717, 1.165) is 24.6 Å². The van der Waals surface area contributed by atoms with Crippen LogP contribution in [0.1, 0.15) is 37.5 Å². The van der Waals surface area contributed by atoms with Crippen molar-refractivity contribution < 1.29 is 0 Å². The van der Waals surface area contributed by atoms with Gasteiger partial charge < -0.3 is 9.88 Å². The van der Waals surface area contributed by atoms with Crippen LogP contribution >= 0.6 is 0 Å². The molecule has 0 aliphatic carbocycles. The summed E-state index contributed by atoms with van der Waals surface area (Å²) in [5, 5.41) is 11.6. The van der Waals surface area contributed by atoms with E-state index < -0.39 is 0 Å². The van der Waals surface area contributed by atoms with Crippen LogP contribution < -0.4 is 5.32 Å². The Morgan fingerprint density at radius 2 is 2.23 bits per heavy atom. The second kappa shape index (κ2) is 3.46. The molecule has 1 unspecified atom stereocenters. The molecule has 0 spiro atoms. The van der Waals surface area contributed by atoms with E-state index in [1.54, 1.807) is 0 Å². The van der Waals surface area contributed by atoms with Gasteiger partial charge in [0.05, 0.1) is 6.04 Å². The summed E-state index contributed by atoms with van der Waals surface area (Å²) in [6.45, 7) is 3.20. The molecule has 1 aromatic rings. The molecule has 0 fully saturated rings. The first kappa shape index (κ1) is 8.69. The van der Waals surface area contributed by atoms with E-state index in [4.69, 9.17) is 0 Å². The molecule has 4 heteroatoms. The molecule has 0 bridgehead atoms. The molecular formula is C9H16N4. The van der Waals surface area contributed by atoms with Gasteiger partial charge in [0.2, 0.25) is 0 Å². The lowest BCUT2D eigenvalue weighted by atomic mass is 10.1. The van der Waals surface area contributed by atoms with Gasteiger partial charge >= 0.3 is 0 Å². The van der Waals surface area contributed by atoms with Crippen LogP contribution in [0.3, 0.4) is 0 Å². The fraction of sp³-hybridized carbons (Fsp3) is 0.778. The minimum Gasteiger partial charge on any atom is -0.314 e. The highest BCUT2D eigenvalue weighted by Gasteiger charge is 2.18. The summed E-state index contributed by atoms with van der Waals surface area (Å²) in [4.78, 5) is 0. The maximum absolute atomic E-state index is 4.22. The fourth-order valence-electron chi connectivity index (χ4n) is 1.78. The highest BCUT2D eigenvalue weighted by Crippen LogP contribution is 2.17. The molecule has 0 saturated heterocycles. The monoisotopic (exact) mass is 180 g/mol. The van der Waals surface area contributed by atoms with Crippen molar-refractivity contribution in [3.8, 4) is 0 Å². The Morgan fingerprint density at radius 3 is 3.00 bits per heavy atom. The highest BCUT2D eigenvalue weighted by atomic mass is 15.3. The van der Waals surface area contributed by atoms with E-state index in [2.05, 4.69) is 27.0 Å². The SMILES string of the molecule is CNC(C)c1nnc2n1CCCC2. The van der Waals surface area contributed by atoms with Gasteiger partial charge in [0.1, 0.15) is 11.6 Å². The van der Waals surface area contributed by atoms with Crippen molar-refractivity contribution in [1.82, 2.24) is 20.1 Å². The van der Waals surface area contributed by atoms with Gasteiger partial charge in [-0.05, 0) is 26.8 Å². The van der Waals surface area contributed by atoms with Crippen LogP contribution in [0.4, 0.5) is 0 Å². The van der Waals surface area contributed by atoms with E-state index in [-0.39, 0.29) is 0 Å². The van der Waals surface area contributed by atoms with E-state index in [0.29, 0.717) is 6.04 Å². The Balaban J connectivity index is 2.31. The topological polar surface area (TPSA) is 42.7 Å². The molecule has 1 atom stereocenters. The molecule has 1 aliphatic heterocycles. The summed E-state index contributed by atoms with van der Waals surface area (Å²) in [5.74, 6) is 2.24. The lowest BCUT2D eigenvalue weighted by Crippen LogP contribution is -2.20. The van der Waals surface area contributed by atoms with Crippen molar-refractivity contribution in [1.29, 1.82) is 0 Å². The van der Waals surface area contributed by atoms with E-state index >= 15 is 0 Å². The second-order valence-electron chi connectivity index (χ2n) is 3.59.